The minimum absolute atomic E-state index is 0.482. The van der Waals surface area contributed by atoms with E-state index < -0.39 is 0 Å². The van der Waals surface area contributed by atoms with Crippen molar-refractivity contribution in [2.45, 2.75) is 13.0 Å². The van der Waals surface area contributed by atoms with Gasteiger partial charge in [-0.3, -0.25) is 0 Å². The summed E-state index contributed by atoms with van der Waals surface area (Å²) in [5, 5.41) is 7.93. The summed E-state index contributed by atoms with van der Waals surface area (Å²) >= 11 is 9.14. The van der Waals surface area contributed by atoms with E-state index in [9.17, 15) is 0 Å². The fraction of sp³-hybridized carbons (Fsp3) is 0.333. The first-order valence-electron chi connectivity index (χ1n) is 5.53. The van der Waals surface area contributed by atoms with Crippen LogP contribution in [-0.4, -0.2) is 23.1 Å². The highest BCUT2D eigenvalue weighted by atomic mass is 79.9. The van der Waals surface area contributed by atoms with E-state index in [1.54, 1.807) is 0 Å². The Bertz CT molecular complexity index is 518. The third-order valence-electron chi connectivity index (χ3n) is 2.46. The van der Waals surface area contributed by atoms with Gasteiger partial charge in [-0.25, -0.2) is 0 Å². The molecule has 0 amide bonds. The number of hydrogen-bond donors (Lipinski definition) is 0. The van der Waals surface area contributed by atoms with Crippen molar-refractivity contribution in [2.24, 2.45) is 0 Å². The molecule has 0 radical (unpaired) electrons. The molecule has 0 fully saturated rings. The largest absolute Gasteiger partial charge is 0.408 e. The van der Waals surface area contributed by atoms with Crippen molar-refractivity contribution in [1.82, 2.24) is 10.2 Å². The highest BCUT2D eigenvalue weighted by molar-refractivity contribution is 9.10. The second kappa shape index (κ2) is 6.20. The van der Waals surface area contributed by atoms with Crippen LogP contribution in [0, 0.1) is 0 Å². The van der Waals surface area contributed by atoms with Gasteiger partial charge >= 0.3 is 6.01 Å². The molecule has 1 heterocycles. The summed E-state index contributed by atoms with van der Waals surface area (Å²) in [6.07, 6.45) is 0.595. The zero-order valence-corrected chi connectivity index (χ0v) is 12.3. The first-order chi connectivity index (χ1) is 8.70. The summed E-state index contributed by atoms with van der Waals surface area (Å²) < 4.78 is 6.57. The number of aryl methyl sites for hydroxylation is 1. The Morgan fingerprint density at radius 3 is 2.83 bits per heavy atom. The van der Waals surface area contributed by atoms with E-state index in [0.29, 0.717) is 30.8 Å². The number of alkyl halides is 1. The Hall–Kier alpha value is -1.07. The maximum Gasteiger partial charge on any atom is 0.318 e. The van der Waals surface area contributed by atoms with Crippen LogP contribution in [0.25, 0.3) is 0 Å². The van der Waals surface area contributed by atoms with Crippen LogP contribution in [0.1, 0.15) is 11.5 Å². The summed E-state index contributed by atoms with van der Waals surface area (Å²) in [6.45, 7) is 0.698. The topological polar surface area (TPSA) is 42.2 Å². The monoisotopic (exact) mass is 329 g/mol. The molecule has 0 saturated carbocycles. The van der Waals surface area contributed by atoms with Crippen LogP contribution < -0.4 is 4.90 Å². The van der Waals surface area contributed by atoms with Gasteiger partial charge in [0, 0.05) is 30.4 Å². The van der Waals surface area contributed by atoms with Crippen LogP contribution in [0.4, 0.5) is 6.01 Å². The van der Waals surface area contributed by atoms with Gasteiger partial charge in [-0.2, -0.15) is 0 Å². The van der Waals surface area contributed by atoms with E-state index in [0.717, 1.165) is 10.0 Å². The van der Waals surface area contributed by atoms with Gasteiger partial charge < -0.3 is 9.32 Å². The Morgan fingerprint density at radius 2 is 2.11 bits per heavy atom. The van der Waals surface area contributed by atoms with Gasteiger partial charge in [0.15, 0.2) is 0 Å². The molecule has 96 valence electrons. The molecule has 2 rings (SSSR count). The maximum atomic E-state index is 5.63. The van der Waals surface area contributed by atoms with Crippen LogP contribution >= 0.6 is 27.5 Å². The molecule has 0 saturated heterocycles. The number of halogens is 2. The SMILES string of the molecule is CN(Cc1ccccc1Br)c1nnc(CCCl)o1. The fourth-order valence-corrected chi connectivity index (χ4v) is 2.10. The highest BCUT2D eigenvalue weighted by Gasteiger charge is 2.11. The summed E-state index contributed by atoms with van der Waals surface area (Å²) in [4.78, 5) is 1.91. The number of aromatic nitrogens is 2. The molecule has 1 aromatic heterocycles. The molecule has 0 bridgehead atoms. The minimum atomic E-state index is 0.482. The number of benzene rings is 1. The van der Waals surface area contributed by atoms with Crippen LogP contribution in [0.3, 0.4) is 0 Å². The van der Waals surface area contributed by atoms with Crippen LogP contribution in [-0.2, 0) is 13.0 Å². The van der Waals surface area contributed by atoms with Crippen LogP contribution in [0.5, 0.6) is 0 Å². The molecule has 18 heavy (non-hydrogen) atoms. The molecule has 0 N–H and O–H groups in total. The number of hydrogen-bond acceptors (Lipinski definition) is 4. The maximum absolute atomic E-state index is 5.63. The quantitative estimate of drug-likeness (QED) is 0.789. The highest BCUT2D eigenvalue weighted by Crippen LogP contribution is 2.20. The van der Waals surface area contributed by atoms with E-state index in [1.165, 1.54) is 0 Å². The minimum Gasteiger partial charge on any atom is -0.408 e. The lowest BCUT2D eigenvalue weighted by Crippen LogP contribution is -2.17. The Morgan fingerprint density at radius 1 is 1.33 bits per heavy atom. The van der Waals surface area contributed by atoms with E-state index >= 15 is 0 Å². The molecule has 6 heteroatoms. The molecular formula is C12H13BrClN3O. The van der Waals surface area contributed by atoms with Gasteiger partial charge in [-0.15, -0.1) is 16.7 Å². The number of rotatable bonds is 5. The molecule has 1 aromatic carbocycles. The Labute approximate surface area is 119 Å². The van der Waals surface area contributed by atoms with E-state index in [-0.39, 0.29) is 0 Å². The lowest BCUT2D eigenvalue weighted by Gasteiger charge is -2.14. The van der Waals surface area contributed by atoms with Crippen molar-refractivity contribution in [3.8, 4) is 0 Å². The van der Waals surface area contributed by atoms with E-state index in [4.69, 9.17) is 16.0 Å². The van der Waals surface area contributed by atoms with Gasteiger partial charge in [-0.1, -0.05) is 39.2 Å². The molecule has 2 aromatic rings. The Balaban J connectivity index is 2.07. The summed E-state index contributed by atoms with van der Waals surface area (Å²) in [5.41, 5.74) is 1.16. The average Bonchev–Trinajstić information content (AvgIpc) is 2.81. The van der Waals surface area contributed by atoms with Crippen LogP contribution in [0.2, 0.25) is 0 Å². The molecule has 0 spiro atoms. The van der Waals surface area contributed by atoms with Crippen molar-refractivity contribution in [2.75, 3.05) is 17.8 Å². The number of nitrogens with zero attached hydrogens (tertiary/aromatic N) is 3. The van der Waals surface area contributed by atoms with Gasteiger partial charge in [0.1, 0.15) is 0 Å². The first-order valence-corrected chi connectivity index (χ1v) is 6.86. The molecule has 0 aliphatic heterocycles. The molecule has 0 atom stereocenters. The lowest BCUT2D eigenvalue weighted by atomic mass is 10.2. The predicted molar refractivity (Wildman–Crippen MR) is 75.0 cm³/mol. The van der Waals surface area contributed by atoms with E-state index in [2.05, 4.69) is 32.2 Å². The normalized spacial score (nSPS) is 10.6. The van der Waals surface area contributed by atoms with Crippen molar-refractivity contribution in [3.63, 3.8) is 0 Å². The van der Waals surface area contributed by atoms with Crippen molar-refractivity contribution in [3.05, 3.63) is 40.2 Å². The predicted octanol–water partition coefficient (Wildman–Crippen LogP) is 3.25. The van der Waals surface area contributed by atoms with Gasteiger partial charge in [0.25, 0.3) is 0 Å². The van der Waals surface area contributed by atoms with Gasteiger partial charge in [0.2, 0.25) is 5.89 Å². The lowest BCUT2D eigenvalue weighted by molar-refractivity contribution is 0.495. The smallest absolute Gasteiger partial charge is 0.318 e. The zero-order chi connectivity index (χ0) is 13.0. The summed E-state index contributed by atoms with van der Waals surface area (Å²) in [5.74, 6) is 1.05. The third-order valence-corrected chi connectivity index (χ3v) is 3.42. The second-order valence-corrected chi connectivity index (χ2v) is 5.10. The van der Waals surface area contributed by atoms with Crippen LogP contribution in [0.15, 0.2) is 33.2 Å². The van der Waals surface area contributed by atoms with E-state index in [1.807, 2.05) is 30.1 Å². The van der Waals surface area contributed by atoms with Crippen molar-refractivity contribution in [1.29, 1.82) is 0 Å². The number of anilines is 1. The van der Waals surface area contributed by atoms with Crippen molar-refractivity contribution >= 4 is 33.5 Å². The van der Waals surface area contributed by atoms with Crippen molar-refractivity contribution < 1.29 is 4.42 Å². The Kier molecular flexibility index (Phi) is 4.60. The summed E-state index contributed by atoms with van der Waals surface area (Å²) in [6, 6.07) is 8.55. The summed E-state index contributed by atoms with van der Waals surface area (Å²) in [7, 11) is 1.91. The zero-order valence-electron chi connectivity index (χ0n) is 9.94. The standard InChI is InChI=1S/C12H13BrClN3O/c1-17(8-9-4-2-3-5-10(9)13)12-16-15-11(18-12)6-7-14/h2-5H,6-8H2,1H3. The van der Waals surface area contributed by atoms with Gasteiger partial charge in [0.05, 0.1) is 0 Å². The third kappa shape index (κ3) is 3.23. The molecule has 0 aliphatic carbocycles. The molecule has 4 nitrogen and oxygen atoms in total. The fourth-order valence-electron chi connectivity index (χ4n) is 1.53. The average molecular weight is 331 g/mol. The first kappa shape index (κ1) is 13.4. The molecule has 0 aliphatic rings. The molecular weight excluding hydrogens is 318 g/mol. The second-order valence-electron chi connectivity index (χ2n) is 3.86. The molecule has 0 unspecified atom stereocenters. The van der Waals surface area contributed by atoms with Gasteiger partial charge in [-0.05, 0) is 11.6 Å².